The number of likely N-dealkylation sites (tertiary alicyclic amines) is 1. The molecule has 4 aliphatic rings. The third-order valence-corrected chi connectivity index (χ3v) is 18.5. The summed E-state index contributed by atoms with van der Waals surface area (Å²) >= 11 is 0. The molecule has 1 fully saturated rings. The van der Waals surface area contributed by atoms with Gasteiger partial charge in [0, 0.05) is 71.4 Å². The van der Waals surface area contributed by atoms with Crippen LogP contribution in [0.1, 0.15) is 175 Å². The minimum atomic E-state index is -0.187. The molecule has 4 heterocycles. The maximum Gasteiger partial charge on any atom is 0.317 e. The Balaban J connectivity index is 0.000000157. The van der Waals surface area contributed by atoms with Crippen LogP contribution in [0.25, 0.3) is 68.5 Å². The van der Waals surface area contributed by atoms with Crippen LogP contribution in [-0.4, -0.2) is 110 Å². The van der Waals surface area contributed by atoms with Crippen LogP contribution in [0, 0.1) is 39.9 Å². The molecule has 24 heteroatoms. The van der Waals surface area contributed by atoms with Crippen molar-refractivity contribution in [3.63, 3.8) is 0 Å². The van der Waals surface area contributed by atoms with E-state index in [1.807, 2.05) is 101 Å². The summed E-state index contributed by atoms with van der Waals surface area (Å²) in [5, 5.41) is 51.3. The Bertz CT molecular complexity index is 4720. The van der Waals surface area contributed by atoms with Crippen LogP contribution < -0.4 is 30.2 Å². The van der Waals surface area contributed by atoms with Gasteiger partial charge in [-0.3, -0.25) is 9.59 Å². The van der Waals surface area contributed by atoms with Crippen molar-refractivity contribution in [2.24, 2.45) is 5.92 Å². The number of rotatable bonds is 23. The molecule has 536 valence electrons. The maximum atomic E-state index is 13.0. The van der Waals surface area contributed by atoms with Crippen molar-refractivity contribution in [2.75, 3.05) is 33.3 Å². The highest BCUT2D eigenvalue weighted by Gasteiger charge is 2.33. The number of nitrogens with one attached hydrogen (secondary N) is 3. The van der Waals surface area contributed by atoms with E-state index >= 15 is 0 Å². The fourth-order valence-electron chi connectivity index (χ4n) is 13.7. The van der Waals surface area contributed by atoms with Gasteiger partial charge in [-0.2, -0.15) is 30.7 Å². The Kier molecular flexibility index (Phi) is 24.2. The Hall–Kier alpha value is -11.4. The number of esters is 1. The van der Waals surface area contributed by atoms with E-state index in [0.29, 0.717) is 124 Å². The van der Waals surface area contributed by atoms with Gasteiger partial charge in [-0.05, 0) is 214 Å². The molecule has 1 saturated heterocycles. The summed E-state index contributed by atoms with van der Waals surface area (Å²) in [6.07, 6.45) is 8.64. The van der Waals surface area contributed by atoms with E-state index in [2.05, 4.69) is 76.7 Å². The molecule has 24 nitrogen and oxygen atoms in total. The Morgan fingerprint density at radius 2 is 0.923 bits per heavy atom. The molecule has 104 heavy (non-hydrogen) atoms. The molecular formula is C80H85N13O11. The number of urea groups is 1. The summed E-state index contributed by atoms with van der Waals surface area (Å²) < 4.78 is 38.4. The van der Waals surface area contributed by atoms with E-state index < -0.39 is 0 Å². The molecule has 13 rings (SSSR count). The van der Waals surface area contributed by atoms with Crippen LogP contribution in [0.5, 0.6) is 17.2 Å². The minimum Gasteiger partial charge on any atom is -0.490 e. The maximum absolute atomic E-state index is 13.0. The molecule has 0 bridgehead atoms. The fourth-order valence-corrected chi connectivity index (χ4v) is 13.7. The van der Waals surface area contributed by atoms with Gasteiger partial charge in [0.2, 0.25) is 17.5 Å². The lowest BCUT2D eigenvalue weighted by atomic mass is 9.92. The van der Waals surface area contributed by atoms with Gasteiger partial charge < -0.3 is 58.2 Å². The van der Waals surface area contributed by atoms with Crippen molar-refractivity contribution < 1.29 is 51.7 Å². The fraction of sp³-hybridized carbons (Fsp3) is 0.388. The van der Waals surface area contributed by atoms with Crippen molar-refractivity contribution in [3.8, 4) is 104 Å². The van der Waals surface area contributed by atoms with Gasteiger partial charge in [-0.1, -0.05) is 70.1 Å². The third kappa shape index (κ3) is 17.9. The second-order valence-electron chi connectivity index (χ2n) is 27.1. The molecule has 3 atom stereocenters. The molecule has 6 aromatic carbocycles. The molecule has 0 unspecified atom stereocenters. The highest BCUT2D eigenvalue weighted by atomic mass is 16.5. The first kappa shape index (κ1) is 73.8. The molecule has 2 amide bonds. The lowest BCUT2D eigenvalue weighted by Crippen LogP contribution is -2.45. The van der Waals surface area contributed by atoms with Gasteiger partial charge in [0.05, 0.1) is 54.7 Å². The SMILES string of the molecule is CC(=O)CC1CCN(C(=O)N[C@H]2CCc3c(-c4noc(-c5ccc(OC(C)C)c(C#N)c5)n4)cccc32)CC1.CC(=O)CN[C@H]1CCc2c(-c3noc(-c4ccc(OC(C)C)c(C#N)c4)n3)cccc21.COC(=O)CCCN[C@H]1CCc2c(-c3noc(-c4ccc(OC(C)C)c(C#N)c4)n3)cccc21. The summed E-state index contributed by atoms with van der Waals surface area (Å²) in [7, 11) is 1.41. The van der Waals surface area contributed by atoms with Crippen molar-refractivity contribution in [3.05, 3.63) is 159 Å². The third-order valence-electron chi connectivity index (χ3n) is 18.5. The van der Waals surface area contributed by atoms with Gasteiger partial charge in [0.25, 0.3) is 17.7 Å². The number of hydrogen-bond acceptors (Lipinski definition) is 22. The number of hydrogen-bond donors (Lipinski definition) is 3. The van der Waals surface area contributed by atoms with E-state index in [0.717, 1.165) is 92.1 Å². The van der Waals surface area contributed by atoms with Crippen LogP contribution in [0.2, 0.25) is 0 Å². The molecule has 3 aliphatic carbocycles. The number of Topliss-reactive ketones (excluding diaryl/α,β-unsaturated/α-hetero) is 2. The number of fused-ring (bicyclic) bond motifs is 3. The molecule has 3 N–H and O–H groups in total. The van der Waals surface area contributed by atoms with E-state index in [9.17, 15) is 35.0 Å². The van der Waals surface area contributed by atoms with Crippen molar-refractivity contribution in [2.45, 2.75) is 162 Å². The summed E-state index contributed by atoms with van der Waals surface area (Å²) in [4.78, 5) is 62.8. The zero-order valence-electron chi connectivity index (χ0n) is 60.0. The van der Waals surface area contributed by atoms with Gasteiger partial charge in [0.15, 0.2) is 0 Å². The second-order valence-corrected chi connectivity index (χ2v) is 27.1. The summed E-state index contributed by atoms with van der Waals surface area (Å²) in [6, 6.07) is 40.7. The highest BCUT2D eigenvalue weighted by Crippen LogP contribution is 2.42. The predicted molar refractivity (Wildman–Crippen MR) is 386 cm³/mol. The molecule has 0 spiro atoms. The predicted octanol–water partition coefficient (Wildman–Crippen LogP) is 14.3. The summed E-state index contributed by atoms with van der Waals surface area (Å²) in [6.45, 7) is 17.1. The van der Waals surface area contributed by atoms with Gasteiger partial charge in [-0.25, -0.2) is 4.79 Å². The first-order valence-electron chi connectivity index (χ1n) is 35.4. The van der Waals surface area contributed by atoms with E-state index in [4.69, 9.17) is 32.5 Å². The smallest absolute Gasteiger partial charge is 0.317 e. The van der Waals surface area contributed by atoms with Crippen LogP contribution in [0.15, 0.2) is 123 Å². The monoisotopic (exact) mass is 1400 g/mol. The van der Waals surface area contributed by atoms with Crippen molar-refractivity contribution in [1.29, 1.82) is 15.8 Å². The molecule has 0 radical (unpaired) electrons. The average molecular weight is 1400 g/mol. The number of carbonyl (C=O) groups excluding carboxylic acids is 4. The molecule has 3 aromatic heterocycles. The number of ether oxygens (including phenoxy) is 4. The van der Waals surface area contributed by atoms with Gasteiger partial charge in [-0.15, -0.1) is 0 Å². The highest BCUT2D eigenvalue weighted by molar-refractivity contribution is 5.79. The molecule has 9 aromatic rings. The van der Waals surface area contributed by atoms with Crippen LogP contribution >= 0.6 is 0 Å². The molecule has 0 saturated carbocycles. The number of amides is 2. The molecule has 1 aliphatic heterocycles. The van der Waals surface area contributed by atoms with Crippen LogP contribution in [0.4, 0.5) is 4.79 Å². The van der Waals surface area contributed by atoms with Crippen LogP contribution in [-0.2, 0) is 38.4 Å². The summed E-state index contributed by atoms with van der Waals surface area (Å²) in [5.74, 6) is 4.66. The average Bonchev–Trinajstić information content (AvgIpc) is 1.64. The number of benzene rings is 6. The number of aromatic nitrogens is 6. The van der Waals surface area contributed by atoms with E-state index in [-0.39, 0.29) is 60.0 Å². The standard InChI is InChI=1S/C30H33N5O4.C26H28N4O4.C24H24N4O3/c1-18(2)38-27-10-7-21(16-22(27)17-31)29-33-28(34-39-29)25-6-4-5-24-23(25)8-9-26(24)32-30(37)35-13-11-20(12-14-35)15-19(3)36;1-16(2)33-23-12-9-17(14-18(23)15-27)26-29-25(30-34-26)21-7-4-6-20-19(21)10-11-22(20)28-13-5-8-24(31)32-3;1-14(2)30-22-10-7-16(11-17(22)12-25)24-27-23(28-31-24)20-6-4-5-19-18(20)8-9-21(19)26-13-15(3)29/h4-7,10,16,18,20,26H,8-9,11-15H2,1-3H3,(H,32,37);4,6-7,9,12,14,16,22,28H,5,8,10-11,13H2,1-3H3;4-7,10-11,14,21,26H,8-9,13H2,1-3H3/t26-;22-;21-/m000/s1. The zero-order chi connectivity index (χ0) is 73.6. The normalized spacial score (nSPS) is 15.7. The largest absolute Gasteiger partial charge is 0.490 e. The number of methoxy groups -OCH3 is 1. The quantitative estimate of drug-likeness (QED) is 0.0395. The number of piperidine rings is 1. The van der Waals surface area contributed by atoms with Crippen molar-refractivity contribution in [1.82, 2.24) is 51.3 Å². The Morgan fingerprint density at radius 1 is 0.529 bits per heavy atom. The minimum absolute atomic E-state index is 0.0260. The van der Waals surface area contributed by atoms with Gasteiger partial charge in [0.1, 0.15) is 47.0 Å². The van der Waals surface area contributed by atoms with Crippen molar-refractivity contribution >= 4 is 23.6 Å². The Labute approximate surface area is 604 Å². The lowest BCUT2D eigenvalue weighted by Gasteiger charge is -2.32. The van der Waals surface area contributed by atoms with Crippen LogP contribution in [0.3, 0.4) is 0 Å². The number of carbonyl (C=O) groups is 4. The topological polar surface area (TPSA) is 333 Å². The number of nitrogens with zero attached hydrogens (tertiary/aromatic N) is 10. The zero-order valence-corrected chi connectivity index (χ0v) is 60.0. The lowest BCUT2D eigenvalue weighted by molar-refractivity contribution is -0.140. The number of ketones is 2. The first-order valence-corrected chi connectivity index (χ1v) is 35.4. The van der Waals surface area contributed by atoms with E-state index in [1.54, 1.807) is 56.3 Å². The number of nitriles is 3. The second kappa shape index (κ2) is 34.1. The summed E-state index contributed by atoms with van der Waals surface area (Å²) in [5.41, 5.74) is 13.0. The van der Waals surface area contributed by atoms with Gasteiger partial charge >= 0.3 is 12.0 Å². The first-order chi connectivity index (χ1) is 50.3. The van der Waals surface area contributed by atoms with E-state index in [1.165, 1.54) is 29.4 Å². The Morgan fingerprint density at radius 3 is 1.30 bits per heavy atom. The molecular weight excluding hydrogens is 1320 g/mol.